The second kappa shape index (κ2) is 9.50. The minimum atomic E-state index is -0.0905. The van der Waals surface area contributed by atoms with Gasteiger partial charge in [-0.2, -0.15) is 0 Å². The minimum absolute atomic E-state index is 0.0905. The quantitative estimate of drug-likeness (QED) is 0.548. The lowest BCUT2D eigenvalue weighted by Crippen LogP contribution is -2.52. The maximum Gasteiger partial charge on any atom is 0.321 e. The Labute approximate surface area is 180 Å². The highest BCUT2D eigenvalue weighted by Crippen LogP contribution is 2.27. The highest BCUT2D eigenvalue weighted by molar-refractivity contribution is 6.30. The predicted molar refractivity (Wildman–Crippen MR) is 116 cm³/mol. The van der Waals surface area contributed by atoms with Crippen molar-refractivity contribution in [3.8, 4) is 17.2 Å². The van der Waals surface area contributed by atoms with Crippen LogP contribution in [0.4, 0.5) is 10.5 Å². The van der Waals surface area contributed by atoms with Crippen LogP contribution in [-0.2, 0) is 0 Å². The lowest BCUT2D eigenvalue weighted by molar-refractivity contribution is 0.113. The zero-order valence-corrected chi connectivity index (χ0v) is 17.1. The number of carbonyl (C=O) groups excluding carboxylic acids is 1. The Kier molecular flexibility index (Phi) is 6.35. The van der Waals surface area contributed by atoms with E-state index in [1.54, 1.807) is 35.5 Å². The summed E-state index contributed by atoms with van der Waals surface area (Å²) in [6, 6.07) is 18.3. The van der Waals surface area contributed by atoms with Crippen molar-refractivity contribution in [3.05, 3.63) is 78.1 Å². The third kappa shape index (κ3) is 5.42. The van der Waals surface area contributed by atoms with Crippen molar-refractivity contribution in [2.45, 2.75) is 6.42 Å². The van der Waals surface area contributed by atoms with E-state index >= 15 is 0 Å². The molecule has 2 heterocycles. The van der Waals surface area contributed by atoms with Crippen LogP contribution in [0.5, 0.6) is 17.2 Å². The first-order chi connectivity index (χ1) is 14.7. The number of hydrogen-bond acceptors (Lipinski definition) is 4. The molecule has 2 amide bonds. The van der Waals surface area contributed by atoms with Crippen molar-refractivity contribution in [1.29, 1.82) is 0 Å². The maximum absolute atomic E-state index is 12.2. The van der Waals surface area contributed by atoms with Gasteiger partial charge in [-0.25, -0.2) is 4.79 Å². The van der Waals surface area contributed by atoms with E-state index in [1.807, 2.05) is 42.5 Å². The fourth-order valence-electron chi connectivity index (χ4n) is 3.17. The van der Waals surface area contributed by atoms with Crippen molar-refractivity contribution in [1.82, 2.24) is 9.88 Å². The van der Waals surface area contributed by atoms with E-state index in [2.05, 4.69) is 10.3 Å². The van der Waals surface area contributed by atoms with E-state index in [0.717, 1.165) is 31.0 Å². The van der Waals surface area contributed by atoms with E-state index in [9.17, 15) is 4.79 Å². The highest BCUT2D eigenvalue weighted by atomic mass is 35.5. The number of pyridine rings is 1. The third-order valence-corrected chi connectivity index (χ3v) is 5.06. The van der Waals surface area contributed by atoms with Gasteiger partial charge in [-0.15, -0.1) is 0 Å². The van der Waals surface area contributed by atoms with Crippen molar-refractivity contribution < 1.29 is 14.3 Å². The van der Waals surface area contributed by atoms with Gasteiger partial charge in [-0.1, -0.05) is 17.7 Å². The minimum Gasteiger partial charge on any atom is -0.493 e. The number of hydrogen-bond donors (Lipinski definition) is 1. The Morgan fingerprint density at radius 3 is 2.63 bits per heavy atom. The van der Waals surface area contributed by atoms with Gasteiger partial charge in [-0.3, -0.25) is 4.98 Å². The molecule has 7 heteroatoms. The number of amides is 2. The Morgan fingerprint density at radius 1 is 1.07 bits per heavy atom. The molecule has 3 aromatic rings. The van der Waals surface area contributed by atoms with Crippen LogP contribution in [0.1, 0.15) is 6.42 Å². The fourth-order valence-corrected chi connectivity index (χ4v) is 3.29. The number of rotatable bonds is 7. The molecule has 0 saturated carbocycles. The van der Waals surface area contributed by atoms with Gasteiger partial charge in [0.2, 0.25) is 0 Å². The van der Waals surface area contributed by atoms with Crippen LogP contribution in [0, 0.1) is 5.92 Å². The number of nitrogens with one attached hydrogen (secondary N) is 1. The summed E-state index contributed by atoms with van der Waals surface area (Å²) in [6.07, 6.45) is 4.20. The molecule has 6 nitrogen and oxygen atoms in total. The molecule has 0 bridgehead atoms. The zero-order chi connectivity index (χ0) is 20.8. The molecule has 0 unspecified atom stereocenters. The van der Waals surface area contributed by atoms with E-state index in [1.165, 1.54) is 0 Å². The summed E-state index contributed by atoms with van der Waals surface area (Å²) in [7, 11) is 0. The molecule has 30 heavy (non-hydrogen) atoms. The number of benzene rings is 2. The molecule has 2 aromatic carbocycles. The number of ether oxygens (including phenoxy) is 2. The second-order valence-corrected chi connectivity index (χ2v) is 7.55. The average molecular weight is 424 g/mol. The fraction of sp³-hybridized carbons (Fsp3) is 0.217. The van der Waals surface area contributed by atoms with Gasteiger partial charge in [-0.05, 0) is 60.9 Å². The molecule has 0 spiro atoms. The van der Waals surface area contributed by atoms with Crippen LogP contribution in [-0.4, -0.2) is 35.6 Å². The number of urea groups is 1. The van der Waals surface area contributed by atoms with Crippen molar-refractivity contribution >= 4 is 23.3 Å². The molecule has 4 rings (SSSR count). The maximum atomic E-state index is 12.2. The first-order valence-electron chi connectivity index (χ1n) is 9.78. The molecule has 1 aliphatic rings. The summed E-state index contributed by atoms with van der Waals surface area (Å²) < 4.78 is 11.7. The molecule has 0 radical (unpaired) electrons. The number of aromatic nitrogens is 1. The third-order valence-electron chi connectivity index (χ3n) is 4.81. The first kappa shape index (κ1) is 20.0. The predicted octanol–water partition coefficient (Wildman–Crippen LogP) is 5.46. The Morgan fingerprint density at radius 2 is 1.87 bits per heavy atom. The molecule has 0 aliphatic carbocycles. The monoisotopic (exact) mass is 423 g/mol. The summed E-state index contributed by atoms with van der Waals surface area (Å²) in [6.45, 7) is 2.05. The first-order valence-corrected chi connectivity index (χ1v) is 10.2. The van der Waals surface area contributed by atoms with E-state index in [4.69, 9.17) is 21.1 Å². The molecule has 1 aromatic heterocycles. The van der Waals surface area contributed by atoms with Crippen LogP contribution < -0.4 is 14.8 Å². The molecule has 1 saturated heterocycles. The van der Waals surface area contributed by atoms with Crippen LogP contribution in [0.2, 0.25) is 5.02 Å². The molecule has 154 valence electrons. The molecule has 1 fully saturated rings. The van der Waals surface area contributed by atoms with Gasteiger partial charge in [0.1, 0.15) is 17.2 Å². The lowest BCUT2D eigenvalue weighted by atomic mass is 9.97. The topological polar surface area (TPSA) is 63.7 Å². The van der Waals surface area contributed by atoms with Crippen LogP contribution in [0.25, 0.3) is 0 Å². The highest BCUT2D eigenvalue weighted by Gasteiger charge is 2.30. The van der Waals surface area contributed by atoms with Gasteiger partial charge in [0.15, 0.2) is 0 Å². The number of anilines is 1. The lowest BCUT2D eigenvalue weighted by Gasteiger charge is -2.39. The summed E-state index contributed by atoms with van der Waals surface area (Å²) in [5.41, 5.74) is 0.704. The molecular weight excluding hydrogens is 402 g/mol. The van der Waals surface area contributed by atoms with Gasteiger partial charge in [0, 0.05) is 30.4 Å². The number of likely N-dealkylation sites (tertiary alicyclic amines) is 1. The van der Waals surface area contributed by atoms with E-state index in [-0.39, 0.29) is 6.03 Å². The van der Waals surface area contributed by atoms with Crippen LogP contribution in [0.3, 0.4) is 0 Å². The Balaban J connectivity index is 1.18. The smallest absolute Gasteiger partial charge is 0.321 e. The van der Waals surface area contributed by atoms with E-state index in [0.29, 0.717) is 29.0 Å². The summed E-state index contributed by atoms with van der Waals surface area (Å²) in [5.74, 6) is 2.62. The van der Waals surface area contributed by atoms with Gasteiger partial charge in [0.25, 0.3) is 0 Å². The van der Waals surface area contributed by atoms with Gasteiger partial charge < -0.3 is 19.7 Å². The summed E-state index contributed by atoms with van der Waals surface area (Å²) >= 11 is 5.90. The molecule has 1 N–H and O–H groups in total. The molecular formula is C23H22ClN3O3. The summed E-state index contributed by atoms with van der Waals surface area (Å²) in [5, 5.41) is 3.52. The molecule has 1 aliphatic heterocycles. The number of halogens is 1. The second-order valence-electron chi connectivity index (χ2n) is 7.11. The van der Waals surface area contributed by atoms with Crippen LogP contribution in [0.15, 0.2) is 73.1 Å². The Hall–Kier alpha value is -3.25. The average Bonchev–Trinajstić information content (AvgIpc) is 2.72. The molecule has 0 atom stereocenters. The summed E-state index contributed by atoms with van der Waals surface area (Å²) in [4.78, 5) is 18.0. The van der Waals surface area contributed by atoms with Crippen molar-refractivity contribution in [2.75, 3.05) is 25.0 Å². The van der Waals surface area contributed by atoms with Crippen molar-refractivity contribution in [3.63, 3.8) is 0 Å². The zero-order valence-electron chi connectivity index (χ0n) is 16.3. The van der Waals surface area contributed by atoms with E-state index < -0.39 is 0 Å². The largest absolute Gasteiger partial charge is 0.493 e. The van der Waals surface area contributed by atoms with Crippen LogP contribution >= 0.6 is 11.6 Å². The van der Waals surface area contributed by atoms with Crippen molar-refractivity contribution in [2.24, 2.45) is 5.92 Å². The Bertz CT molecular complexity index is 976. The SMILES string of the molecule is O=C(Nc1cccnc1)N1CC(CCOc2cccc(Oc3ccc(Cl)cc3)c2)C1. The van der Waals surface area contributed by atoms with Gasteiger partial charge in [0.05, 0.1) is 18.5 Å². The normalized spacial score (nSPS) is 13.4. The standard InChI is InChI=1S/C23H22ClN3O3/c24-18-6-8-20(9-7-18)30-22-5-1-4-21(13-22)29-12-10-17-15-27(16-17)23(28)26-19-3-2-11-25-14-19/h1-9,11,13-14,17H,10,12,15-16H2,(H,26,28). The number of carbonyl (C=O) groups is 1. The van der Waals surface area contributed by atoms with Gasteiger partial charge >= 0.3 is 6.03 Å². The number of nitrogens with zero attached hydrogens (tertiary/aromatic N) is 2.